The smallest absolute Gasteiger partial charge is 0.137 e. The van der Waals surface area contributed by atoms with Gasteiger partial charge in [-0.2, -0.15) is 0 Å². The van der Waals surface area contributed by atoms with Crippen LogP contribution in [0.3, 0.4) is 0 Å². The molecule has 1 unspecified atom stereocenters. The van der Waals surface area contributed by atoms with Gasteiger partial charge in [-0.15, -0.1) is 0 Å². The van der Waals surface area contributed by atoms with Crippen molar-refractivity contribution >= 4 is 39.0 Å². The Kier molecular flexibility index (Phi) is 8.73. The van der Waals surface area contributed by atoms with Crippen molar-refractivity contribution in [2.24, 2.45) is 0 Å². The lowest BCUT2D eigenvalue weighted by atomic mass is 9.74. The van der Waals surface area contributed by atoms with Gasteiger partial charge in [-0.1, -0.05) is 184 Å². The summed E-state index contributed by atoms with van der Waals surface area (Å²) >= 11 is 0. The highest BCUT2D eigenvalue weighted by Crippen LogP contribution is 2.58. The van der Waals surface area contributed by atoms with E-state index in [0.717, 1.165) is 39.0 Å². The quantitative estimate of drug-likeness (QED) is 0.159. The summed E-state index contributed by atoms with van der Waals surface area (Å²) in [6, 6.07) is 84.7. The Hall–Kier alpha value is -8.20. The zero-order valence-electron chi connectivity index (χ0n) is 37.8. The van der Waals surface area contributed by atoms with Crippen LogP contribution in [0.2, 0.25) is 0 Å². The van der Waals surface area contributed by atoms with Crippen LogP contribution < -0.4 is 4.90 Å². The molecule has 0 saturated heterocycles. The highest BCUT2D eigenvalue weighted by Gasteiger charge is 2.43. The van der Waals surface area contributed by atoms with E-state index < -0.39 is 0 Å². The molecule has 0 saturated carbocycles. The predicted octanol–water partition coefficient (Wildman–Crippen LogP) is 17.7. The standard InChI is InChI=1S/C65H47NO/c1-64(2)56-40-44(47-38-45(42-19-7-4-8-20-42)37-46(39-47)43-21-9-5-10-22-43)33-35-50(56)51-36-34-49(41-57(51)64)66(59-30-18-32-61-63(59)53-26-14-16-31-60(53)67-61)58-29-17-28-55-62(58)52-25-13-15-27-54(52)65(55,3)48-23-11-6-12-24-48/h4-41H,1-3H3. The van der Waals surface area contributed by atoms with Crippen molar-refractivity contribution in [2.75, 3.05) is 4.90 Å². The Balaban J connectivity index is 0.999. The third-order valence-electron chi connectivity index (χ3n) is 14.9. The normalized spacial score (nSPS) is 15.3. The summed E-state index contributed by atoms with van der Waals surface area (Å²) in [5.74, 6) is 0. The number of rotatable bonds is 7. The Bertz CT molecular complexity index is 3670. The number of fused-ring (bicyclic) bond motifs is 9. The van der Waals surface area contributed by atoms with E-state index in [4.69, 9.17) is 4.42 Å². The van der Waals surface area contributed by atoms with Gasteiger partial charge in [-0.3, -0.25) is 0 Å². The van der Waals surface area contributed by atoms with Crippen molar-refractivity contribution in [3.8, 4) is 55.6 Å². The molecule has 10 aromatic carbocycles. The maximum atomic E-state index is 6.59. The number of hydrogen-bond donors (Lipinski definition) is 0. The molecule has 1 heterocycles. The van der Waals surface area contributed by atoms with Gasteiger partial charge in [0.05, 0.1) is 16.8 Å². The van der Waals surface area contributed by atoms with E-state index in [0.29, 0.717) is 0 Å². The van der Waals surface area contributed by atoms with Crippen LogP contribution in [-0.4, -0.2) is 0 Å². The minimum absolute atomic E-state index is 0.285. The van der Waals surface area contributed by atoms with Crippen LogP contribution in [0.15, 0.2) is 235 Å². The van der Waals surface area contributed by atoms with E-state index in [1.165, 1.54) is 83.5 Å². The molecule has 2 nitrogen and oxygen atoms in total. The van der Waals surface area contributed by atoms with Gasteiger partial charge in [0, 0.05) is 27.5 Å². The highest BCUT2D eigenvalue weighted by atomic mass is 16.3. The molecule has 1 aromatic heterocycles. The average molecular weight is 858 g/mol. The number of nitrogens with zero attached hydrogens (tertiary/aromatic N) is 1. The lowest BCUT2D eigenvalue weighted by Gasteiger charge is -2.31. The fraction of sp³-hybridized carbons (Fsp3) is 0.0769. The largest absolute Gasteiger partial charge is 0.456 e. The molecular weight excluding hydrogens is 811 g/mol. The molecule has 0 spiro atoms. The Morgan fingerprint density at radius 3 is 1.64 bits per heavy atom. The maximum absolute atomic E-state index is 6.59. The summed E-state index contributed by atoms with van der Waals surface area (Å²) in [4.78, 5) is 2.52. The monoisotopic (exact) mass is 857 g/mol. The molecule has 2 aliphatic rings. The first-order chi connectivity index (χ1) is 32.9. The summed E-state index contributed by atoms with van der Waals surface area (Å²) in [6.45, 7) is 7.20. The predicted molar refractivity (Wildman–Crippen MR) is 280 cm³/mol. The van der Waals surface area contributed by atoms with Crippen LogP contribution in [0.4, 0.5) is 17.1 Å². The maximum Gasteiger partial charge on any atom is 0.137 e. The first-order valence-electron chi connectivity index (χ1n) is 23.4. The molecule has 11 aromatic rings. The summed E-state index contributed by atoms with van der Waals surface area (Å²) in [5.41, 5.74) is 23.4. The van der Waals surface area contributed by atoms with Crippen LogP contribution in [0, 0.1) is 0 Å². The fourth-order valence-electron chi connectivity index (χ4n) is 11.6. The minimum Gasteiger partial charge on any atom is -0.456 e. The van der Waals surface area contributed by atoms with E-state index in [1.807, 2.05) is 0 Å². The molecule has 0 aliphatic heterocycles. The molecular formula is C65H47NO. The highest BCUT2D eigenvalue weighted by molar-refractivity contribution is 6.14. The summed E-state index contributed by atoms with van der Waals surface area (Å²) < 4.78 is 6.59. The van der Waals surface area contributed by atoms with Gasteiger partial charge >= 0.3 is 0 Å². The van der Waals surface area contributed by atoms with Gasteiger partial charge < -0.3 is 9.32 Å². The topological polar surface area (TPSA) is 16.4 Å². The molecule has 318 valence electrons. The van der Waals surface area contributed by atoms with Crippen molar-refractivity contribution in [3.63, 3.8) is 0 Å². The SMILES string of the molecule is CC1(C)c2cc(-c3cc(-c4ccccc4)cc(-c4ccccc4)c3)ccc2-c2ccc(N(c3cccc4c3-c3ccccc3C4(C)c3ccccc3)c3cccc4oc5ccccc5c34)cc21. The van der Waals surface area contributed by atoms with Crippen molar-refractivity contribution < 1.29 is 4.42 Å². The number of anilines is 3. The zero-order chi connectivity index (χ0) is 44.9. The van der Waals surface area contributed by atoms with Gasteiger partial charge in [0.25, 0.3) is 0 Å². The third kappa shape index (κ3) is 5.96. The molecule has 0 radical (unpaired) electrons. The van der Waals surface area contributed by atoms with Crippen molar-refractivity contribution in [1.82, 2.24) is 0 Å². The minimum atomic E-state index is -0.342. The molecule has 0 N–H and O–H groups in total. The summed E-state index contributed by atoms with van der Waals surface area (Å²) in [5, 5.41) is 2.21. The van der Waals surface area contributed by atoms with Gasteiger partial charge in [-0.25, -0.2) is 0 Å². The second-order valence-corrected chi connectivity index (χ2v) is 19.0. The van der Waals surface area contributed by atoms with E-state index in [9.17, 15) is 0 Å². The lowest BCUT2D eigenvalue weighted by molar-refractivity contribution is 0.660. The van der Waals surface area contributed by atoms with Gasteiger partial charge in [0.15, 0.2) is 0 Å². The van der Waals surface area contributed by atoms with Crippen molar-refractivity contribution in [1.29, 1.82) is 0 Å². The summed E-state index contributed by atoms with van der Waals surface area (Å²) in [6.07, 6.45) is 0. The van der Waals surface area contributed by atoms with Crippen LogP contribution in [0.1, 0.15) is 48.6 Å². The average Bonchev–Trinajstić information content (AvgIpc) is 3.98. The van der Waals surface area contributed by atoms with Crippen LogP contribution >= 0.6 is 0 Å². The lowest BCUT2D eigenvalue weighted by Crippen LogP contribution is -2.22. The van der Waals surface area contributed by atoms with E-state index >= 15 is 0 Å². The van der Waals surface area contributed by atoms with Crippen LogP contribution in [0.5, 0.6) is 0 Å². The van der Waals surface area contributed by atoms with Gasteiger partial charge in [0.1, 0.15) is 11.2 Å². The van der Waals surface area contributed by atoms with Crippen molar-refractivity contribution in [3.05, 3.63) is 258 Å². The molecule has 13 rings (SSSR count). The summed E-state index contributed by atoms with van der Waals surface area (Å²) in [7, 11) is 0. The number of hydrogen-bond acceptors (Lipinski definition) is 2. The first-order valence-corrected chi connectivity index (χ1v) is 23.4. The van der Waals surface area contributed by atoms with Crippen LogP contribution in [0.25, 0.3) is 77.6 Å². The van der Waals surface area contributed by atoms with Crippen LogP contribution in [-0.2, 0) is 10.8 Å². The van der Waals surface area contributed by atoms with Gasteiger partial charge in [0.2, 0.25) is 0 Å². The molecule has 67 heavy (non-hydrogen) atoms. The molecule has 0 amide bonds. The van der Waals surface area contributed by atoms with E-state index in [1.54, 1.807) is 0 Å². The molecule has 2 aliphatic carbocycles. The molecule has 0 fully saturated rings. The Morgan fingerprint density at radius 2 is 0.910 bits per heavy atom. The first kappa shape index (κ1) is 39.2. The molecule has 2 heteroatoms. The number of furan rings is 1. The third-order valence-corrected chi connectivity index (χ3v) is 14.9. The van der Waals surface area contributed by atoms with E-state index in [-0.39, 0.29) is 10.8 Å². The Labute approximate surface area is 392 Å². The van der Waals surface area contributed by atoms with E-state index in [2.05, 4.69) is 256 Å². The number of para-hydroxylation sites is 1. The second kappa shape index (κ2) is 14.9. The molecule has 0 bridgehead atoms. The number of benzene rings is 10. The van der Waals surface area contributed by atoms with Crippen molar-refractivity contribution in [2.45, 2.75) is 31.6 Å². The molecule has 1 atom stereocenters. The fourth-order valence-corrected chi connectivity index (χ4v) is 11.6. The van der Waals surface area contributed by atoms with Gasteiger partial charge in [-0.05, 0) is 145 Å². The zero-order valence-corrected chi connectivity index (χ0v) is 37.8. The second-order valence-electron chi connectivity index (χ2n) is 19.0. The Morgan fingerprint density at radius 1 is 0.358 bits per heavy atom.